The van der Waals surface area contributed by atoms with Crippen LogP contribution in [-0.4, -0.2) is 19.4 Å². The molecule has 0 aromatic heterocycles. The normalized spacial score (nSPS) is 11.3. The molecule has 0 bridgehead atoms. The first kappa shape index (κ1) is 17.4. The van der Waals surface area contributed by atoms with Crippen LogP contribution >= 0.6 is 0 Å². The van der Waals surface area contributed by atoms with Crippen molar-refractivity contribution >= 4 is 17.7 Å². The summed E-state index contributed by atoms with van der Waals surface area (Å²) in [4.78, 5) is 11.9. The van der Waals surface area contributed by atoms with Gasteiger partial charge in [0.1, 0.15) is 11.5 Å². The number of benzene rings is 2. The fraction of sp³-hybridized carbons (Fsp3) is 0.118. The van der Waals surface area contributed by atoms with Crippen LogP contribution < -0.4 is 14.8 Å². The smallest absolute Gasteiger partial charge is 0.495 e. The Morgan fingerprint density at radius 2 is 1.88 bits per heavy atom. The lowest BCUT2D eigenvalue weighted by molar-refractivity contribution is -0.274. The molecule has 0 aliphatic heterocycles. The predicted octanol–water partition coefficient (Wildman–Crippen LogP) is 4.25. The molecule has 0 aliphatic carbocycles. The van der Waals surface area contributed by atoms with Crippen molar-refractivity contribution in [3.8, 4) is 11.5 Å². The van der Waals surface area contributed by atoms with Crippen molar-refractivity contribution in [3.63, 3.8) is 0 Å². The van der Waals surface area contributed by atoms with E-state index >= 15 is 0 Å². The molecule has 7 heteroatoms. The molecule has 1 amide bonds. The topological polar surface area (TPSA) is 47.6 Å². The van der Waals surface area contributed by atoms with Gasteiger partial charge >= 0.3 is 6.36 Å². The van der Waals surface area contributed by atoms with Gasteiger partial charge in [-0.3, -0.25) is 4.79 Å². The molecule has 0 saturated heterocycles. The van der Waals surface area contributed by atoms with Gasteiger partial charge in [0.25, 0.3) is 0 Å². The summed E-state index contributed by atoms with van der Waals surface area (Å²) in [5.74, 6) is -0.295. The minimum Gasteiger partial charge on any atom is -0.495 e. The highest BCUT2D eigenvalue weighted by molar-refractivity contribution is 6.02. The van der Waals surface area contributed by atoms with Gasteiger partial charge < -0.3 is 14.8 Å². The van der Waals surface area contributed by atoms with Crippen LogP contribution in [0.4, 0.5) is 18.9 Å². The van der Waals surface area contributed by atoms with Crippen molar-refractivity contribution in [3.05, 3.63) is 60.2 Å². The number of nitrogens with one attached hydrogen (secondary N) is 1. The maximum atomic E-state index is 12.2. The molecular formula is C17H14F3NO3. The average Bonchev–Trinajstić information content (AvgIpc) is 2.52. The van der Waals surface area contributed by atoms with Gasteiger partial charge in [-0.2, -0.15) is 0 Å². The summed E-state index contributed by atoms with van der Waals surface area (Å²) < 4.78 is 45.5. The first-order chi connectivity index (χ1) is 11.4. The molecule has 0 aliphatic rings. The first-order valence-corrected chi connectivity index (χ1v) is 6.85. The number of carbonyl (C=O) groups excluding carboxylic acids is 1. The van der Waals surface area contributed by atoms with Crippen molar-refractivity contribution in [2.45, 2.75) is 6.36 Å². The Morgan fingerprint density at radius 3 is 2.58 bits per heavy atom. The summed E-state index contributed by atoms with van der Waals surface area (Å²) in [6.45, 7) is 0. The predicted molar refractivity (Wildman–Crippen MR) is 83.8 cm³/mol. The quantitative estimate of drug-likeness (QED) is 0.830. The number of halogens is 3. The SMILES string of the molecule is COc1ccccc1NC(=O)/C=C/c1cccc(OC(F)(F)F)c1. The van der Waals surface area contributed by atoms with E-state index < -0.39 is 12.3 Å². The van der Waals surface area contributed by atoms with Crippen molar-refractivity contribution in [1.82, 2.24) is 0 Å². The Labute approximate surface area is 136 Å². The molecule has 0 unspecified atom stereocenters. The van der Waals surface area contributed by atoms with Gasteiger partial charge in [0.15, 0.2) is 0 Å². The maximum absolute atomic E-state index is 12.2. The Morgan fingerprint density at radius 1 is 1.12 bits per heavy atom. The molecule has 24 heavy (non-hydrogen) atoms. The number of hydrogen-bond donors (Lipinski definition) is 1. The number of methoxy groups -OCH3 is 1. The lowest BCUT2D eigenvalue weighted by atomic mass is 10.2. The molecule has 0 heterocycles. The van der Waals surface area contributed by atoms with Crippen molar-refractivity contribution in [2.75, 3.05) is 12.4 Å². The molecule has 0 fully saturated rings. The Hall–Kier alpha value is -2.96. The number of rotatable bonds is 5. The third kappa shape index (κ3) is 5.35. The van der Waals surface area contributed by atoms with Crippen LogP contribution in [0.1, 0.15) is 5.56 Å². The van der Waals surface area contributed by atoms with E-state index in [0.717, 1.165) is 0 Å². The van der Waals surface area contributed by atoms with E-state index in [2.05, 4.69) is 10.1 Å². The number of alkyl halides is 3. The molecule has 0 atom stereocenters. The van der Waals surface area contributed by atoms with Crippen LogP contribution in [0.15, 0.2) is 54.6 Å². The van der Waals surface area contributed by atoms with Gasteiger partial charge in [-0.05, 0) is 35.9 Å². The highest BCUT2D eigenvalue weighted by Gasteiger charge is 2.30. The second-order valence-electron chi connectivity index (χ2n) is 4.64. The zero-order chi connectivity index (χ0) is 17.6. The van der Waals surface area contributed by atoms with Gasteiger partial charge in [-0.1, -0.05) is 24.3 Å². The maximum Gasteiger partial charge on any atom is 0.573 e. The van der Waals surface area contributed by atoms with Crippen LogP contribution in [-0.2, 0) is 4.79 Å². The van der Waals surface area contributed by atoms with E-state index in [4.69, 9.17) is 4.74 Å². The number of anilines is 1. The largest absolute Gasteiger partial charge is 0.573 e. The molecule has 126 valence electrons. The Bertz CT molecular complexity index is 742. The summed E-state index contributed by atoms with van der Waals surface area (Å²) in [6, 6.07) is 12.2. The molecule has 2 aromatic rings. The zero-order valence-corrected chi connectivity index (χ0v) is 12.6. The lowest BCUT2D eigenvalue weighted by Crippen LogP contribution is -2.17. The number of carbonyl (C=O) groups is 1. The third-order valence-electron chi connectivity index (χ3n) is 2.88. The van der Waals surface area contributed by atoms with E-state index in [1.807, 2.05) is 0 Å². The second kappa shape index (κ2) is 7.54. The van der Waals surface area contributed by atoms with Gasteiger partial charge in [0.2, 0.25) is 5.91 Å². The molecule has 0 saturated carbocycles. The lowest BCUT2D eigenvalue weighted by Gasteiger charge is -2.09. The minimum atomic E-state index is -4.76. The summed E-state index contributed by atoms with van der Waals surface area (Å²) in [5.41, 5.74) is 0.885. The number of hydrogen-bond acceptors (Lipinski definition) is 3. The van der Waals surface area contributed by atoms with Crippen LogP contribution in [0.2, 0.25) is 0 Å². The van der Waals surface area contributed by atoms with E-state index in [1.54, 1.807) is 30.3 Å². The summed E-state index contributed by atoms with van der Waals surface area (Å²) >= 11 is 0. The van der Waals surface area contributed by atoms with Crippen molar-refractivity contribution in [1.29, 1.82) is 0 Å². The molecule has 4 nitrogen and oxygen atoms in total. The average molecular weight is 337 g/mol. The number of para-hydroxylation sites is 2. The van der Waals surface area contributed by atoms with E-state index in [9.17, 15) is 18.0 Å². The van der Waals surface area contributed by atoms with Gasteiger partial charge in [-0.25, -0.2) is 0 Å². The highest BCUT2D eigenvalue weighted by atomic mass is 19.4. The molecule has 1 N–H and O–H groups in total. The van der Waals surface area contributed by atoms with Crippen LogP contribution in [0.3, 0.4) is 0 Å². The molecule has 0 spiro atoms. The van der Waals surface area contributed by atoms with Crippen molar-refractivity contribution < 1.29 is 27.4 Å². The first-order valence-electron chi connectivity index (χ1n) is 6.85. The second-order valence-corrected chi connectivity index (χ2v) is 4.64. The molecular weight excluding hydrogens is 323 g/mol. The van der Waals surface area contributed by atoms with Crippen LogP contribution in [0.5, 0.6) is 11.5 Å². The molecule has 2 rings (SSSR count). The molecule has 0 radical (unpaired) electrons. The standard InChI is InChI=1S/C17H14F3NO3/c1-23-15-8-3-2-7-14(15)21-16(22)10-9-12-5-4-6-13(11-12)24-17(18,19)20/h2-11H,1H3,(H,21,22)/b10-9+. The Balaban J connectivity index is 2.05. The number of ether oxygens (including phenoxy) is 2. The minimum absolute atomic E-state index is 0.352. The van der Waals surface area contributed by atoms with Crippen molar-refractivity contribution in [2.24, 2.45) is 0 Å². The van der Waals surface area contributed by atoms with Crippen LogP contribution in [0.25, 0.3) is 6.08 Å². The van der Waals surface area contributed by atoms with Crippen LogP contribution in [0, 0.1) is 0 Å². The van der Waals surface area contributed by atoms with E-state index in [0.29, 0.717) is 17.0 Å². The third-order valence-corrected chi connectivity index (χ3v) is 2.88. The monoisotopic (exact) mass is 337 g/mol. The zero-order valence-electron chi connectivity index (χ0n) is 12.6. The summed E-state index contributed by atoms with van der Waals surface area (Å²) in [5, 5.41) is 2.62. The van der Waals surface area contributed by atoms with E-state index in [1.165, 1.54) is 37.5 Å². The summed E-state index contributed by atoms with van der Waals surface area (Å²) in [7, 11) is 1.48. The summed E-state index contributed by atoms with van der Waals surface area (Å²) in [6.07, 6.45) is -2.17. The molecule has 2 aromatic carbocycles. The van der Waals surface area contributed by atoms with Gasteiger partial charge in [0, 0.05) is 6.08 Å². The Kier molecular flexibility index (Phi) is 5.47. The van der Waals surface area contributed by atoms with Gasteiger partial charge in [0.05, 0.1) is 12.8 Å². The number of amides is 1. The fourth-order valence-electron chi connectivity index (χ4n) is 1.91. The van der Waals surface area contributed by atoms with E-state index in [-0.39, 0.29) is 5.75 Å². The fourth-order valence-corrected chi connectivity index (χ4v) is 1.91. The van der Waals surface area contributed by atoms with Gasteiger partial charge in [-0.15, -0.1) is 13.2 Å². The highest BCUT2D eigenvalue weighted by Crippen LogP contribution is 2.24.